The van der Waals surface area contributed by atoms with Crippen molar-refractivity contribution in [3.8, 4) is 0 Å². The van der Waals surface area contributed by atoms with Gasteiger partial charge in [-0.2, -0.15) is 0 Å². The molecule has 2 aliphatic heterocycles. The summed E-state index contributed by atoms with van der Waals surface area (Å²) >= 11 is 1.31. The number of likely N-dealkylation sites (tertiary alicyclic amines) is 1. The summed E-state index contributed by atoms with van der Waals surface area (Å²) in [5.41, 5.74) is -0.652. The van der Waals surface area contributed by atoms with E-state index < -0.39 is 35.9 Å². The summed E-state index contributed by atoms with van der Waals surface area (Å²) in [5.74, 6) is -0.569. The molecular weight excluding hydrogens is 545 g/mol. The molecule has 0 unspecified atom stereocenters. The number of amidine groups is 1. The van der Waals surface area contributed by atoms with Gasteiger partial charge < -0.3 is 14.4 Å². The number of thioether (sulfide) groups is 1. The van der Waals surface area contributed by atoms with Crippen LogP contribution in [0.15, 0.2) is 29.8 Å². The zero-order chi connectivity index (χ0) is 29.5. The van der Waals surface area contributed by atoms with Gasteiger partial charge in [0.25, 0.3) is 0 Å². The average Bonchev–Trinajstić information content (AvgIpc) is 3.36. The molecular formula is C30H44FN3O4SSi. The van der Waals surface area contributed by atoms with Crippen LogP contribution in [0.2, 0.25) is 25.7 Å². The van der Waals surface area contributed by atoms with Gasteiger partial charge in [-0.1, -0.05) is 50.1 Å². The molecule has 2 heterocycles. The second-order valence-corrected chi connectivity index (χ2v) is 20.4. The van der Waals surface area contributed by atoms with Crippen LogP contribution in [0.25, 0.3) is 6.08 Å². The van der Waals surface area contributed by atoms with E-state index in [-0.39, 0.29) is 18.6 Å². The van der Waals surface area contributed by atoms with Crippen molar-refractivity contribution in [3.05, 3.63) is 41.7 Å². The van der Waals surface area contributed by atoms with Crippen molar-refractivity contribution < 1.29 is 23.5 Å². The van der Waals surface area contributed by atoms with Gasteiger partial charge in [-0.15, -0.1) is 0 Å². The Morgan fingerprint density at radius 1 is 1.27 bits per heavy atom. The van der Waals surface area contributed by atoms with Gasteiger partial charge in [0.2, 0.25) is 5.91 Å². The normalized spacial score (nSPS) is 26.1. The Morgan fingerprint density at radius 3 is 2.55 bits per heavy atom. The number of aliphatic imine (C=N–C) groups is 1. The predicted molar refractivity (Wildman–Crippen MR) is 163 cm³/mol. The van der Waals surface area contributed by atoms with E-state index >= 15 is 4.39 Å². The van der Waals surface area contributed by atoms with Crippen LogP contribution in [0, 0.1) is 11.7 Å². The van der Waals surface area contributed by atoms with E-state index in [9.17, 15) is 9.59 Å². The van der Waals surface area contributed by atoms with Gasteiger partial charge in [0.05, 0.1) is 5.54 Å². The van der Waals surface area contributed by atoms with Crippen molar-refractivity contribution >= 4 is 43.1 Å². The fraction of sp³-hybridized carbons (Fsp3) is 0.633. The molecule has 2 fully saturated rings. The Balaban J connectivity index is 1.77. The van der Waals surface area contributed by atoms with Crippen LogP contribution in [0.5, 0.6) is 0 Å². The van der Waals surface area contributed by atoms with E-state index in [0.717, 1.165) is 24.4 Å². The molecule has 10 heteroatoms. The van der Waals surface area contributed by atoms with E-state index in [1.807, 2.05) is 11.8 Å². The first-order valence-electron chi connectivity index (χ1n) is 14.2. The molecule has 2 amide bonds. The summed E-state index contributed by atoms with van der Waals surface area (Å²) in [6.45, 7) is 19.8. The lowest BCUT2D eigenvalue weighted by molar-refractivity contribution is -0.130. The lowest BCUT2D eigenvalue weighted by atomic mass is 9.84. The fourth-order valence-corrected chi connectivity index (χ4v) is 7.79. The highest BCUT2D eigenvalue weighted by atomic mass is 32.2. The monoisotopic (exact) mass is 589 g/mol. The highest BCUT2D eigenvalue weighted by Gasteiger charge is 2.72. The fourth-order valence-electron chi connectivity index (χ4n) is 5.40. The maximum absolute atomic E-state index is 15.5. The maximum atomic E-state index is 15.5. The lowest BCUT2D eigenvalue weighted by Gasteiger charge is -2.38. The second kappa shape index (κ2) is 11.2. The first-order chi connectivity index (χ1) is 18.6. The summed E-state index contributed by atoms with van der Waals surface area (Å²) in [6.07, 6.45) is 3.56. The maximum Gasteiger partial charge on any atom is 0.418 e. The molecule has 0 spiro atoms. The van der Waals surface area contributed by atoms with Crippen LogP contribution in [-0.2, 0) is 19.8 Å². The Labute approximate surface area is 243 Å². The first kappa shape index (κ1) is 30.8. The summed E-state index contributed by atoms with van der Waals surface area (Å²) in [7, 11) is -1.36. The number of carbonyl (C=O) groups is 2. The van der Waals surface area contributed by atoms with Crippen molar-refractivity contribution in [2.75, 3.05) is 26.4 Å². The number of hydrogen-bond acceptors (Lipinski definition) is 6. The average molecular weight is 590 g/mol. The molecule has 0 radical (unpaired) electrons. The number of carbonyl (C=O) groups excluding carboxylic acids is 2. The summed E-state index contributed by atoms with van der Waals surface area (Å²) in [4.78, 5) is 35.9. The molecule has 1 aliphatic carbocycles. The third-order valence-electron chi connectivity index (χ3n) is 7.78. The molecule has 1 aromatic rings. The Morgan fingerprint density at radius 2 is 1.95 bits per heavy atom. The van der Waals surface area contributed by atoms with Crippen molar-refractivity contribution in [2.45, 2.75) is 88.5 Å². The Bertz CT molecular complexity index is 1190. The van der Waals surface area contributed by atoms with Crippen LogP contribution in [0.3, 0.4) is 0 Å². The van der Waals surface area contributed by atoms with Gasteiger partial charge >= 0.3 is 6.09 Å². The third kappa shape index (κ3) is 6.49. The largest absolute Gasteiger partial charge is 0.443 e. The SMILES string of the molecule is C=Cc1ccc(F)c([C@@]2(C)N=C(N(COCC[Si](C)(C)C)C(=O)OC(C)(C)C)S[C@@]3(C(=O)N4CCCC4)C[C@H]32)c1. The molecule has 3 atom stereocenters. The number of rotatable bonds is 8. The topological polar surface area (TPSA) is 71.4 Å². The van der Waals surface area contributed by atoms with Crippen LogP contribution in [0.1, 0.15) is 58.1 Å². The third-order valence-corrected chi connectivity index (χ3v) is 11.0. The van der Waals surface area contributed by atoms with Gasteiger partial charge in [0.1, 0.15) is 22.9 Å². The van der Waals surface area contributed by atoms with Crippen LogP contribution in [-0.4, -0.2) is 71.8 Å². The highest BCUT2D eigenvalue weighted by molar-refractivity contribution is 8.16. The van der Waals surface area contributed by atoms with Gasteiger partial charge in [0.15, 0.2) is 5.17 Å². The minimum atomic E-state index is -1.36. The minimum Gasteiger partial charge on any atom is -0.443 e. The first-order valence-corrected chi connectivity index (χ1v) is 18.7. The number of amides is 2. The zero-order valence-electron chi connectivity index (χ0n) is 25.0. The molecule has 1 saturated carbocycles. The molecule has 1 saturated heterocycles. The van der Waals surface area contributed by atoms with E-state index in [4.69, 9.17) is 14.5 Å². The molecule has 0 aromatic heterocycles. The molecule has 7 nitrogen and oxygen atoms in total. The van der Waals surface area contributed by atoms with E-state index in [1.165, 1.54) is 22.7 Å². The van der Waals surface area contributed by atoms with E-state index in [2.05, 4.69) is 26.2 Å². The van der Waals surface area contributed by atoms with Gasteiger partial charge in [-0.25, -0.2) is 14.1 Å². The number of benzene rings is 1. The number of hydrogen-bond donors (Lipinski definition) is 0. The lowest BCUT2D eigenvalue weighted by Crippen LogP contribution is -2.49. The van der Waals surface area contributed by atoms with Crippen LogP contribution in [0.4, 0.5) is 9.18 Å². The van der Waals surface area contributed by atoms with Gasteiger partial charge in [-0.05, 0) is 70.7 Å². The van der Waals surface area contributed by atoms with Crippen molar-refractivity contribution in [2.24, 2.45) is 10.9 Å². The molecule has 1 aromatic carbocycles. The van der Waals surface area contributed by atoms with Gasteiger partial charge in [-0.3, -0.25) is 9.79 Å². The standard InChI is InChI=1S/C30H44FN3O4SSi/c1-9-21-12-13-23(31)22(18-21)29(5)24-19-30(24,25(35)33-14-10-11-15-33)39-26(32-29)34(27(36)38-28(2,3)4)20-37-16-17-40(6,7)8/h9,12-13,18,24H,1,10-11,14-17,19-20H2,2-8H3/t24-,29+,30-/m0/s1. The van der Waals surface area contributed by atoms with Crippen LogP contribution < -0.4 is 0 Å². The van der Waals surface area contributed by atoms with Crippen molar-refractivity contribution in [1.29, 1.82) is 0 Å². The van der Waals surface area contributed by atoms with Crippen molar-refractivity contribution in [1.82, 2.24) is 9.80 Å². The molecule has 0 bridgehead atoms. The zero-order valence-corrected chi connectivity index (χ0v) is 26.8. The summed E-state index contributed by atoms with van der Waals surface area (Å²) < 4.78 is 26.4. The summed E-state index contributed by atoms with van der Waals surface area (Å²) in [5, 5.41) is 0.328. The highest BCUT2D eigenvalue weighted by Crippen LogP contribution is 2.67. The Hall–Kier alpha value is -2.17. The number of halogens is 1. The molecule has 0 N–H and O–H groups in total. The molecule has 4 rings (SSSR count). The van der Waals surface area contributed by atoms with E-state index in [0.29, 0.717) is 36.8 Å². The number of nitrogens with zero attached hydrogens (tertiary/aromatic N) is 3. The minimum absolute atomic E-state index is 0.0442. The number of fused-ring (bicyclic) bond motifs is 1. The predicted octanol–water partition coefficient (Wildman–Crippen LogP) is 6.72. The number of ether oxygens (including phenoxy) is 2. The van der Waals surface area contributed by atoms with Crippen molar-refractivity contribution in [3.63, 3.8) is 0 Å². The second-order valence-electron chi connectivity index (χ2n) is 13.5. The van der Waals surface area contributed by atoms with Crippen LogP contribution >= 0.6 is 11.8 Å². The molecule has 40 heavy (non-hydrogen) atoms. The quantitative estimate of drug-likeness (QED) is 0.191. The van der Waals surface area contributed by atoms with Gasteiger partial charge in [0, 0.05) is 39.3 Å². The summed E-state index contributed by atoms with van der Waals surface area (Å²) in [6, 6.07) is 5.79. The smallest absolute Gasteiger partial charge is 0.418 e. The Kier molecular flexibility index (Phi) is 8.65. The molecule has 3 aliphatic rings. The molecule has 220 valence electrons. The van der Waals surface area contributed by atoms with E-state index in [1.54, 1.807) is 39.0 Å².